The van der Waals surface area contributed by atoms with Crippen molar-refractivity contribution >= 4 is 0 Å². The molecule has 1 aromatic heterocycles. The predicted molar refractivity (Wildman–Crippen MR) is 41.3 cm³/mol. The maximum atomic E-state index is 8.74. The van der Waals surface area contributed by atoms with E-state index >= 15 is 0 Å². The lowest BCUT2D eigenvalue weighted by atomic mass is 10.1. The summed E-state index contributed by atoms with van der Waals surface area (Å²) in [6, 6.07) is 2.09. The normalized spacial score (nSPS) is 15.3. The summed E-state index contributed by atoms with van der Waals surface area (Å²) in [6.45, 7) is 1.29. The minimum atomic E-state index is 0.552. The molecule has 0 spiro atoms. The van der Waals surface area contributed by atoms with Crippen LogP contribution < -0.4 is 0 Å². The fourth-order valence-corrected chi connectivity index (χ4v) is 1.48. The Kier molecular flexibility index (Phi) is 1.59. The quantitative estimate of drug-likeness (QED) is 0.555. The lowest BCUT2D eigenvalue weighted by molar-refractivity contribution is 0.105. The van der Waals surface area contributed by atoms with Crippen molar-refractivity contribution in [2.45, 2.75) is 13.0 Å². The van der Waals surface area contributed by atoms with E-state index in [-0.39, 0.29) is 0 Å². The summed E-state index contributed by atoms with van der Waals surface area (Å²) in [5.41, 5.74) is 2.65. The van der Waals surface area contributed by atoms with Crippen LogP contribution in [0.3, 0.4) is 0 Å². The fraction of sp³-hybridized carbons (Fsp3) is 0.500. The molecule has 2 heterocycles. The van der Waals surface area contributed by atoms with Crippen molar-refractivity contribution in [2.24, 2.45) is 7.05 Å². The van der Waals surface area contributed by atoms with Gasteiger partial charge >= 0.3 is 0 Å². The van der Waals surface area contributed by atoms with E-state index in [9.17, 15) is 0 Å². The minimum absolute atomic E-state index is 0.552. The highest BCUT2D eigenvalue weighted by molar-refractivity contribution is 5.35. The molecule has 0 bridgehead atoms. The van der Waals surface area contributed by atoms with E-state index in [1.807, 2.05) is 7.05 Å². The maximum absolute atomic E-state index is 8.74. The molecule has 0 aromatic carbocycles. The van der Waals surface area contributed by atoms with Crippen molar-refractivity contribution in [3.63, 3.8) is 0 Å². The zero-order valence-electron chi connectivity index (χ0n) is 6.87. The Morgan fingerprint density at radius 3 is 3.25 bits per heavy atom. The summed E-state index contributed by atoms with van der Waals surface area (Å²) in [7, 11) is 1.84. The molecule has 1 aliphatic rings. The number of nitriles is 1. The van der Waals surface area contributed by atoms with Crippen molar-refractivity contribution in [3.05, 3.63) is 17.0 Å². The van der Waals surface area contributed by atoms with Crippen LogP contribution >= 0.6 is 0 Å². The number of fused-ring (bicyclic) bond motifs is 1. The van der Waals surface area contributed by atoms with Crippen LogP contribution in [0.2, 0.25) is 0 Å². The molecule has 0 N–H and O–H groups in total. The highest BCUT2D eigenvalue weighted by atomic mass is 16.5. The molecular formula is C8H9N3O. The molecule has 0 saturated carbocycles. The topological polar surface area (TPSA) is 50.8 Å². The molecule has 0 saturated heterocycles. The van der Waals surface area contributed by atoms with Gasteiger partial charge in [-0.15, -0.1) is 0 Å². The van der Waals surface area contributed by atoms with Crippen LogP contribution in [0.25, 0.3) is 0 Å². The van der Waals surface area contributed by atoms with E-state index in [4.69, 9.17) is 10.00 Å². The monoisotopic (exact) mass is 163 g/mol. The predicted octanol–water partition coefficient (Wildman–Crippen LogP) is 0.364. The molecule has 0 unspecified atom stereocenters. The number of aryl methyl sites for hydroxylation is 1. The van der Waals surface area contributed by atoms with E-state index < -0.39 is 0 Å². The lowest BCUT2D eigenvalue weighted by Crippen LogP contribution is -2.11. The first-order valence-electron chi connectivity index (χ1n) is 3.85. The van der Waals surface area contributed by atoms with Gasteiger partial charge in [0.25, 0.3) is 0 Å². The van der Waals surface area contributed by atoms with Gasteiger partial charge in [-0.1, -0.05) is 0 Å². The van der Waals surface area contributed by atoms with Crippen LogP contribution in [0.1, 0.15) is 17.0 Å². The third kappa shape index (κ3) is 0.908. The van der Waals surface area contributed by atoms with E-state index in [0.29, 0.717) is 18.9 Å². The molecule has 62 valence electrons. The summed E-state index contributed by atoms with van der Waals surface area (Å²) in [4.78, 5) is 0. The number of hydrogen-bond donors (Lipinski definition) is 0. The zero-order chi connectivity index (χ0) is 8.55. The Balaban J connectivity index is 2.56. The van der Waals surface area contributed by atoms with Crippen molar-refractivity contribution in [3.8, 4) is 6.07 Å². The van der Waals surface area contributed by atoms with Crippen LogP contribution in [0.5, 0.6) is 0 Å². The van der Waals surface area contributed by atoms with Gasteiger partial charge in [0.2, 0.25) is 0 Å². The molecule has 0 amide bonds. The SMILES string of the molecule is Cn1nc(C#N)c2c1COCC2. The smallest absolute Gasteiger partial charge is 0.166 e. The van der Waals surface area contributed by atoms with Crippen LogP contribution in [-0.2, 0) is 24.8 Å². The molecule has 12 heavy (non-hydrogen) atoms. The second-order valence-electron chi connectivity index (χ2n) is 2.81. The fourth-order valence-electron chi connectivity index (χ4n) is 1.48. The second-order valence-corrected chi connectivity index (χ2v) is 2.81. The molecule has 2 rings (SSSR count). The first-order chi connectivity index (χ1) is 5.83. The first kappa shape index (κ1) is 7.32. The van der Waals surface area contributed by atoms with E-state index in [1.54, 1.807) is 4.68 Å². The van der Waals surface area contributed by atoms with E-state index in [0.717, 1.165) is 17.7 Å². The molecular weight excluding hydrogens is 154 g/mol. The van der Waals surface area contributed by atoms with Gasteiger partial charge in [0.1, 0.15) is 6.07 Å². The maximum Gasteiger partial charge on any atom is 0.166 e. The lowest BCUT2D eigenvalue weighted by Gasteiger charge is -2.12. The van der Waals surface area contributed by atoms with Crippen molar-refractivity contribution < 1.29 is 4.74 Å². The summed E-state index contributed by atoms with van der Waals surface area (Å²) in [5.74, 6) is 0. The number of hydrogen-bond acceptors (Lipinski definition) is 3. The van der Waals surface area contributed by atoms with Crippen LogP contribution in [0.15, 0.2) is 0 Å². The minimum Gasteiger partial charge on any atom is -0.375 e. The molecule has 4 nitrogen and oxygen atoms in total. The number of aromatic nitrogens is 2. The third-order valence-corrected chi connectivity index (χ3v) is 2.12. The Bertz CT molecular complexity index is 348. The van der Waals surface area contributed by atoms with Crippen molar-refractivity contribution in [2.75, 3.05) is 6.61 Å². The van der Waals surface area contributed by atoms with Gasteiger partial charge in [-0.05, 0) is 0 Å². The Morgan fingerprint density at radius 2 is 2.50 bits per heavy atom. The molecule has 0 fully saturated rings. The summed E-state index contributed by atoms with van der Waals surface area (Å²) in [5, 5.41) is 12.8. The molecule has 4 heteroatoms. The number of nitrogens with zero attached hydrogens (tertiary/aromatic N) is 3. The summed E-state index contributed by atoms with van der Waals surface area (Å²) in [6.07, 6.45) is 0.812. The van der Waals surface area contributed by atoms with Crippen LogP contribution in [0.4, 0.5) is 0 Å². The van der Waals surface area contributed by atoms with Gasteiger partial charge in [0.05, 0.1) is 18.9 Å². The molecule has 1 aliphatic heterocycles. The average Bonchev–Trinajstić information content (AvgIpc) is 2.44. The van der Waals surface area contributed by atoms with Crippen LogP contribution in [-0.4, -0.2) is 16.4 Å². The van der Waals surface area contributed by atoms with Crippen LogP contribution in [0, 0.1) is 11.3 Å². The summed E-state index contributed by atoms with van der Waals surface area (Å²) >= 11 is 0. The average molecular weight is 163 g/mol. The Morgan fingerprint density at radius 1 is 1.67 bits per heavy atom. The van der Waals surface area contributed by atoms with Gasteiger partial charge in [-0.2, -0.15) is 10.4 Å². The second kappa shape index (κ2) is 2.61. The van der Waals surface area contributed by atoms with Crippen molar-refractivity contribution in [1.29, 1.82) is 5.26 Å². The van der Waals surface area contributed by atoms with Crippen molar-refractivity contribution in [1.82, 2.24) is 9.78 Å². The molecule has 0 atom stereocenters. The van der Waals surface area contributed by atoms with Gasteiger partial charge in [-0.25, -0.2) is 0 Å². The van der Waals surface area contributed by atoms with Gasteiger partial charge < -0.3 is 4.74 Å². The Hall–Kier alpha value is -1.34. The summed E-state index contributed by atoms with van der Waals surface area (Å²) < 4.78 is 6.99. The van der Waals surface area contributed by atoms with E-state index in [1.165, 1.54) is 0 Å². The molecule has 0 radical (unpaired) electrons. The third-order valence-electron chi connectivity index (χ3n) is 2.12. The van der Waals surface area contributed by atoms with Gasteiger partial charge in [-0.3, -0.25) is 4.68 Å². The Labute approximate surface area is 70.4 Å². The van der Waals surface area contributed by atoms with Gasteiger partial charge in [0.15, 0.2) is 5.69 Å². The molecule has 1 aromatic rings. The zero-order valence-corrected chi connectivity index (χ0v) is 6.87. The first-order valence-corrected chi connectivity index (χ1v) is 3.85. The standard InChI is InChI=1S/C8H9N3O/c1-11-8-5-12-3-2-6(8)7(4-9)10-11/h2-3,5H2,1H3. The molecule has 0 aliphatic carbocycles. The highest BCUT2D eigenvalue weighted by Crippen LogP contribution is 2.18. The highest BCUT2D eigenvalue weighted by Gasteiger charge is 2.18. The van der Waals surface area contributed by atoms with E-state index in [2.05, 4.69) is 11.2 Å². The number of rotatable bonds is 0. The van der Waals surface area contributed by atoms with Gasteiger partial charge in [0, 0.05) is 19.0 Å². The number of ether oxygens (including phenoxy) is 1. The largest absolute Gasteiger partial charge is 0.375 e.